The summed E-state index contributed by atoms with van der Waals surface area (Å²) < 4.78 is 46.4. The van der Waals surface area contributed by atoms with Crippen molar-refractivity contribution < 1.29 is 42.4 Å². The highest BCUT2D eigenvalue weighted by atomic mass is 19.4. The quantitative estimate of drug-likeness (QED) is 0.605. The topological polar surface area (TPSA) is 129 Å². The number of anilines is 1. The smallest absolute Gasteiger partial charge is 0.482 e. The van der Waals surface area contributed by atoms with E-state index in [2.05, 4.69) is 10.1 Å². The zero-order valence-corrected chi connectivity index (χ0v) is 14.4. The molecular formula is C18H13F3N2O6. The fraction of sp³-hybridized carbons (Fsp3) is 0.167. The van der Waals surface area contributed by atoms with Gasteiger partial charge in [-0.05, 0) is 42.5 Å². The normalized spacial score (nSPS) is 11.8. The molecule has 0 fully saturated rings. The molecule has 0 aliphatic carbocycles. The fourth-order valence-corrected chi connectivity index (χ4v) is 2.30. The third kappa shape index (κ3) is 6.31. The highest BCUT2D eigenvalue weighted by Crippen LogP contribution is 2.34. The summed E-state index contributed by atoms with van der Waals surface area (Å²) in [6.07, 6.45) is -5.01. The first-order chi connectivity index (χ1) is 13.6. The molecule has 0 aromatic heterocycles. The maximum Gasteiger partial charge on any atom is 0.573 e. The predicted molar refractivity (Wildman–Crippen MR) is 91.4 cm³/mol. The van der Waals surface area contributed by atoms with Gasteiger partial charge in [-0.3, -0.25) is 0 Å². The molecule has 0 spiro atoms. The molecular weight excluding hydrogens is 397 g/mol. The van der Waals surface area contributed by atoms with E-state index in [0.717, 1.165) is 18.2 Å². The lowest BCUT2D eigenvalue weighted by Gasteiger charge is -2.20. The van der Waals surface area contributed by atoms with Crippen molar-refractivity contribution in [2.24, 2.45) is 0 Å². The number of rotatable bonds is 8. The summed E-state index contributed by atoms with van der Waals surface area (Å²) in [6, 6.07) is 8.55. The van der Waals surface area contributed by atoms with Crippen molar-refractivity contribution >= 4 is 17.6 Å². The first-order valence-electron chi connectivity index (χ1n) is 7.83. The molecule has 8 nitrogen and oxygen atoms in total. The average molecular weight is 410 g/mol. The molecule has 1 atom stereocenters. The lowest BCUT2D eigenvalue weighted by molar-refractivity contribution is -0.274. The van der Waals surface area contributed by atoms with E-state index in [4.69, 9.17) is 15.1 Å². The van der Waals surface area contributed by atoms with Crippen LogP contribution in [0.5, 0.6) is 11.5 Å². The predicted octanol–water partition coefficient (Wildman–Crippen LogP) is 3.16. The molecule has 0 amide bonds. The van der Waals surface area contributed by atoms with E-state index in [-0.39, 0.29) is 17.0 Å². The molecule has 2 aromatic carbocycles. The van der Waals surface area contributed by atoms with Gasteiger partial charge >= 0.3 is 18.3 Å². The van der Waals surface area contributed by atoms with Crippen LogP contribution >= 0.6 is 0 Å². The van der Waals surface area contributed by atoms with Gasteiger partial charge in [-0.25, -0.2) is 9.59 Å². The average Bonchev–Trinajstić information content (AvgIpc) is 2.64. The van der Waals surface area contributed by atoms with Gasteiger partial charge in [-0.1, -0.05) is 0 Å². The molecule has 2 rings (SSSR count). The molecule has 29 heavy (non-hydrogen) atoms. The van der Waals surface area contributed by atoms with E-state index in [0.29, 0.717) is 5.56 Å². The van der Waals surface area contributed by atoms with E-state index in [9.17, 15) is 27.9 Å². The van der Waals surface area contributed by atoms with Crippen LogP contribution in [0.1, 0.15) is 17.2 Å². The van der Waals surface area contributed by atoms with E-state index in [1.165, 1.54) is 24.3 Å². The lowest BCUT2D eigenvalue weighted by atomic mass is 10.0. The Kier molecular flexibility index (Phi) is 6.51. The third-order valence-electron chi connectivity index (χ3n) is 3.45. The minimum Gasteiger partial charge on any atom is -0.482 e. The van der Waals surface area contributed by atoms with Crippen LogP contribution in [0.15, 0.2) is 42.5 Å². The zero-order chi connectivity index (χ0) is 21.6. The minimum atomic E-state index is -5.01. The van der Waals surface area contributed by atoms with Gasteiger partial charge in [-0.2, -0.15) is 5.26 Å². The number of alkyl halides is 3. The van der Waals surface area contributed by atoms with Gasteiger partial charge in [0.2, 0.25) is 0 Å². The SMILES string of the molecule is N#Cc1ccc(NC(C(=O)O)c2cc(OC(F)(F)F)ccc2OCC(=O)O)cc1. The molecule has 3 N–H and O–H groups in total. The van der Waals surface area contributed by atoms with Crippen LogP contribution < -0.4 is 14.8 Å². The van der Waals surface area contributed by atoms with Crippen LogP contribution in [0, 0.1) is 11.3 Å². The maximum atomic E-state index is 12.5. The van der Waals surface area contributed by atoms with E-state index < -0.39 is 36.7 Å². The first-order valence-corrected chi connectivity index (χ1v) is 7.83. The number of aliphatic carboxylic acids is 2. The van der Waals surface area contributed by atoms with Gasteiger partial charge in [0, 0.05) is 11.3 Å². The molecule has 2 aromatic rings. The van der Waals surface area contributed by atoms with Gasteiger partial charge in [0.25, 0.3) is 0 Å². The third-order valence-corrected chi connectivity index (χ3v) is 3.45. The second kappa shape index (κ2) is 8.83. The number of carboxylic acids is 2. The number of halogens is 3. The van der Waals surface area contributed by atoms with Crippen molar-refractivity contribution in [1.82, 2.24) is 0 Å². The number of hydrogen-bond donors (Lipinski definition) is 3. The van der Waals surface area contributed by atoms with Gasteiger partial charge in [0.1, 0.15) is 11.5 Å². The van der Waals surface area contributed by atoms with Crippen LogP contribution in [-0.2, 0) is 9.59 Å². The second-order valence-corrected chi connectivity index (χ2v) is 5.53. The summed E-state index contributed by atoms with van der Waals surface area (Å²) in [5.41, 5.74) is 0.279. The summed E-state index contributed by atoms with van der Waals surface area (Å²) in [6.45, 7) is -0.838. The number of nitrogens with zero attached hydrogens (tertiary/aromatic N) is 1. The van der Waals surface area contributed by atoms with Crippen molar-refractivity contribution in [3.63, 3.8) is 0 Å². The highest BCUT2D eigenvalue weighted by molar-refractivity contribution is 5.81. The molecule has 152 valence electrons. The summed E-state index contributed by atoms with van der Waals surface area (Å²) in [5.74, 6) is -3.80. The highest BCUT2D eigenvalue weighted by Gasteiger charge is 2.32. The zero-order valence-electron chi connectivity index (χ0n) is 14.4. The van der Waals surface area contributed by atoms with Gasteiger partial charge in [-0.15, -0.1) is 13.2 Å². The number of benzene rings is 2. The summed E-state index contributed by atoms with van der Waals surface area (Å²) in [7, 11) is 0. The molecule has 0 heterocycles. The Balaban J connectivity index is 2.44. The Bertz CT molecular complexity index is 938. The maximum absolute atomic E-state index is 12.5. The molecule has 0 saturated carbocycles. The summed E-state index contributed by atoms with van der Waals surface area (Å²) in [4.78, 5) is 22.5. The minimum absolute atomic E-state index is 0.253. The fourth-order valence-electron chi connectivity index (χ4n) is 2.30. The Hall–Kier alpha value is -3.94. The van der Waals surface area contributed by atoms with Gasteiger partial charge in [0.05, 0.1) is 11.6 Å². The van der Waals surface area contributed by atoms with Crippen molar-refractivity contribution in [3.05, 3.63) is 53.6 Å². The molecule has 0 radical (unpaired) electrons. The van der Waals surface area contributed by atoms with Crippen LogP contribution in [0.4, 0.5) is 18.9 Å². The monoisotopic (exact) mass is 410 g/mol. The van der Waals surface area contributed by atoms with Crippen LogP contribution in [-0.4, -0.2) is 35.1 Å². The number of carbonyl (C=O) groups is 2. The molecule has 0 aliphatic rings. The molecule has 0 saturated heterocycles. The summed E-state index contributed by atoms with van der Waals surface area (Å²) in [5, 5.41) is 29.7. The number of ether oxygens (including phenoxy) is 2. The first kappa shape index (κ1) is 21.4. The van der Waals surface area contributed by atoms with Crippen LogP contribution in [0.3, 0.4) is 0 Å². The van der Waals surface area contributed by atoms with Gasteiger partial charge < -0.3 is 25.0 Å². The summed E-state index contributed by atoms with van der Waals surface area (Å²) >= 11 is 0. The Labute approximate surface area is 161 Å². The molecule has 11 heteroatoms. The van der Waals surface area contributed by atoms with Crippen molar-refractivity contribution in [3.8, 4) is 17.6 Å². The molecule has 0 bridgehead atoms. The van der Waals surface area contributed by atoms with E-state index >= 15 is 0 Å². The Morgan fingerprint density at radius 2 is 1.79 bits per heavy atom. The number of carboxylic acid groups (broad SMARTS) is 2. The lowest BCUT2D eigenvalue weighted by Crippen LogP contribution is -2.23. The van der Waals surface area contributed by atoms with Crippen molar-refractivity contribution in [2.45, 2.75) is 12.4 Å². The molecule has 0 aliphatic heterocycles. The van der Waals surface area contributed by atoms with Crippen LogP contribution in [0.25, 0.3) is 0 Å². The van der Waals surface area contributed by atoms with E-state index in [1.54, 1.807) is 0 Å². The van der Waals surface area contributed by atoms with E-state index in [1.807, 2.05) is 6.07 Å². The number of nitriles is 1. The Morgan fingerprint density at radius 1 is 1.14 bits per heavy atom. The molecule has 1 unspecified atom stereocenters. The Morgan fingerprint density at radius 3 is 2.31 bits per heavy atom. The van der Waals surface area contributed by atoms with Crippen molar-refractivity contribution in [1.29, 1.82) is 5.26 Å². The number of nitrogens with one attached hydrogen (secondary N) is 1. The number of hydrogen-bond acceptors (Lipinski definition) is 6. The second-order valence-electron chi connectivity index (χ2n) is 5.53. The van der Waals surface area contributed by atoms with Crippen LogP contribution in [0.2, 0.25) is 0 Å². The van der Waals surface area contributed by atoms with Crippen molar-refractivity contribution in [2.75, 3.05) is 11.9 Å². The standard InChI is InChI=1S/C18H13F3N2O6/c19-18(20,21)29-12-5-6-14(28-9-15(24)25)13(7-12)16(17(26)27)23-11-3-1-10(8-22)2-4-11/h1-7,16,23H,9H2,(H,24,25)(H,26,27). The largest absolute Gasteiger partial charge is 0.573 e. The van der Waals surface area contributed by atoms with Gasteiger partial charge in [0.15, 0.2) is 12.6 Å².